The lowest BCUT2D eigenvalue weighted by atomic mass is 9.95. The Balaban J connectivity index is 1.32. The summed E-state index contributed by atoms with van der Waals surface area (Å²) in [5, 5.41) is 20.6. The number of halogens is 2. The van der Waals surface area contributed by atoms with Crippen LogP contribution in [-0.2, 0) is 11.4 Å². The highest BCUT2D eigenvalue weighted by molar-refractivity contribution is 6.42. The molecule has 1 atom stereocenters. The molecule has 1 N–H and O–H groups in total. The molecule has 3 aromatic carbocycles. The number of Topliss-reactive ketones (excluding diaryl/α,β-unsaturated/α-hetero) is 1. The average Bonchev–Trinajstić information content (AvgIpc) is 2.88. The van der Waals surface area contributed by atoms with E-state index in [-0.39, 0.29) is 31.8 Å². The summed E-state index contributed by atoms with van der Waals surface area (Å²) in [7, 11) is 0. The summed E-state index contributed by atoms with van der Waals surface area (Å²) in [4.78, 5) is 24.7. The molecule has 3 aromatic rings. The van der Waals surface area contributed by atoms with Crippen molar-refractivity contribution < 1.29 is 19.4 Å². The molecule has 0 fully saturated rings. The van der Waals surface area contributed by atoms with Crippen LogP contribution in [-0.4, -0.2) is 28.4 Å². The van der Waals surface area contributed by atoms with Crippen molar-refractivity contribution in [2.45, 2.75) is 26.4 Å². The number of fused-ring (bicyclic) bond motifs is 1. The van der Waals surface area contributed by atoms with Crippen molar-refractivity contribution in [3.05, 3.63) is 99.5 Å². The highest BCUT2D eigenvalue weighted by Gasteiger charge is 2.25. The Bertz CT molecular complexity index is 1370. The van der Waals surface area contributed by atoms with Gasteiger partial charge in [0.2, 0.25) is 0 Å². The summed E-state index contributed by atoms with van der Waals surface area (Å²) in [6, 6.07) is 17.7. The van der Waals surface area contributed by atoms with Crippen molar-refractivity contribution in [3.63, 3.8) is 0 Å². The zero-order valence-corrected chi connectivity index (χ0v) is 21.7. The van der Waals surface area contributed by atoms with E-state index in [0.717, 1.165) is 22.4 Å². The van der Waals surface area contributed by atoms with Crippen molar-refractivity contribution in [1.82, 2.24) is 5.01 Å². The number of hydrogen-bond acceptors (Lipinski definition) is 6. The fourth-order valence-electron chi connectivity index (χ4n) is 3.91. The van der Waals surface area contributed by atoms with Crippen LogP contribution in [0.1, 0.15) is 39.9 Å². The molecule has 1 unspecified atom stereocenters. The molecule has 0 amide bonds. The van der Waals surface area contributed by atoms with Crippen molar-refractivity contribution in [1.29, 1.82) is 0 Å². The molecule has 9 heteroatoms. The summed E-state index contributed by atoms with van der Waals surface area (Å²) in [6.45, 7) is 6.62. The maximum atomic E-state index is 12.8. The molecule has 37 heavy (non-hydrogen) atoms. The molecule has 0 bridgehead atoms. The smallest absolute Gasteiger partial charge is 0.307 e. The number of carbonyl (C=O) groups is 2. The Morgan fingerprint density at radius 3 is 2.51 bits per heavy atom. The summed E-state index contributed by atoms with van der Waals surface area (Å²) in [5.74, 6) is -1.60. The predicted octanol–water partition coefficient (Wildman–Crippen LogP) is 7.53. The second-order valence-corrected chi connectivity index (χ2v) is 9.61. The van der Waals surface area contributed by atoms with Gasteiger partial charge in [-0.15, -0.1) is 5.11 Å². The second kappa shape index (κ2) is 11.6. The third-order valence-electron chi connectivity index (χ3n) is 6.07. The van der Waals surface area contributed by atoms with E-state index >= 15 is 0 Å². The minimum absolute atomic E-state index is 0.133. The van der Waals surface area contributed by atoms with Crippen LogP contribution in [0.3, 0.4) is 0 Å². The summed E-state index contributed by atoms with van der Waals surface area (Å²) < 4.78 is 5.75. The molecular formula is C28H25Cl2N3O4. The first-order valence-corrected chi connectivity index (χ1v) is 12.4. The Labute approximate surface area is 225 Å². The van der Waals surface area contributed by atoms with Gasteiger partial charge >= 0.3 is 5.97 Å². The Morgan fingerprint density at radius 1 is 1.05 bits per heavy atom. The summed E-state index contributed by atoms with van der Waals surface area (Å²) >= 11 is 12.0. The van der Waals surface area contributed by atoms with E-state index in [2.05, 4.69) is 16.9 Å². The topological polar surface area (TPSA) is 91.6 Å². The minimum Gasteiger partial charge on any atom is -0.489 e. The number of carboxylic acid groups (broad SMARTS) is 1. The molecule has 0 saturated heterocycles. The van der Waals surface area contributed by atoms with Gasteiger partial charge in [-0.3, -0.25) is 9.59 Å². The van der Waals surface area contributed by atoms with Gasteiger partial charge < -0.3 is 9.84 Å². The fourth-order valence-corrected chi connectivity index (χ4v) is 4.23. The summed E-state index contributed by atoms with van der Waals surface area (Å²) in [5.41, 5.74) is 4.57. The number of rotatable bonds is 10. The highest BCUT2D eigenvalue weighted by atomic mass is 35.5. The normalized spacial score (nSPS) is 13.3. The Morgan fingerprint density at radius 2 is 1.81 bits per heavy atom. The van der Waals surface area contributed by atoms with Crippen LogP contribution in [0.4, 0.5) is 5.69 Å². The molecule has 0 aliphatic carbocycles. The molecule has 0 radical (unpaired) electrons. The van der Waals surface area contributed by atoms with Crippen molar-refractivity contribution in [3.8, 4) is 5.75 Å². The molecule has 1 heterocycles. The quantitative estimate of drug-likeness (QED) is 0.270. The maximum absolute atomic E-state index is 12.8. The van der Waals surface area contributed by atoms with Crippen LogP contribution in [0.5, 0.6) is 5.75 Å². The number of aryl methyl sites for hydroxylation is 1. The van der Waals surface area contributed by atoms with Gasteiger partial charge in [-0.2, -0.15) is 0 Å². The molecule has 0 aromatic heterocycles. The second-order valence-electron chi connectivity index (χ2n) is 8.79. The van der Waals surface area contributed by atoms with Crippen molar-refractivity contribution in [2.75, 3.05) is 6.54 Å². The number of benzene rings is 3. The lowest BCUT2D eigenvalue weighted by molar-refractivity contribution is -0.142. The first-order valence-electron chi connectivity index (χ1n) is 11.6. The van der Waals surface area contributed by atoms with Crippen LogP contribution in [0.2, 0.25) is 10.0 Å². The van der Waals surface area contributed by atoms with Crippen LogP contribution >= 0.6 is 23.2 Å². The molecule has 1 aliphatic rings. The number of carboxylic acids is 1. The Hall–Kier alpha value is -3.68. The maximum Gasteiger partial charge on any atom is 0.307 e. The van der Waals surface area contributed by atoms with E-state index in [0.29, 0.717) is 27.1 Å². The van der Waals surface area contributed by atoms with Crippen molar-refractivity contribution in [2.24, 2.45) is 16.3 Å². The first kappa shape index (κ1) is 26.4. The minimum atomic E-state index is -1.04. The molecule has 4 rings (SSSR count). The largest absolute Gasteiger partial charge is 0.489 e. The van der Waals surface area contributed by atoms with Gasteiger partial charge in [-0.05, 0) is 66.9 Å². The van der Waals surface area contributed by atoms with Gasteiger partial charge in [0, 0.05) is 24.1 Å². The number of hydrogen-bond donors (Lipinski definition) is 1. The van der Waals surface area contributed by atoms with E-state index in [4.69, 9.17) is 27.9 Å². The first-order chi connectivity index (χ1) is 17.7. The molecule has 0 saturated carbocycles. The monoisotopic (exact) mass is 537 g/mol. The van der Waals surface area contributed by atoms with Gasteiger partial charge in [0.15, 0.2) is 5.78 Å². The summed E-state index contributed by atoms with van der Waals surface area (Å²) in [6.07, 6.45) is 0.0806. The lowest BCUT2D eigenvalue weighted by Gasteiger charge is -2.25. The number of ether oxygens (including phenoxy) is 1. The zero-order chi connectivity index (χ0) is 26.5. The van der Waals surface area contributed by atoms with Crippen LogP contribution in [0.15, 0.2) is 77.6 Å². The molecule has 1 aliphatic heterocycles. The van der Waals surface area contributed by atoms with Crippen LogP contribution in [0, 0.1) is 12.8 Å². The standard InChI is InChI=1S/C28H25Cl2N3O4/c1-17-3-9-23-18(2)33(32-31-26(23)13-17)12-11-21(28(35)36)15-27(34)20-5-7-22(8-6-20)37-16-19-4-10-24(29)25(30)14-19/h3-10,13-14,21H,2,11-12,15-16H2,1H3,(H,35,36). The van der Waals surface area contributed by atoms with E-state index < -0.39 is 11.9 Å². The number of ketones is 1. The molecule has 7 nitrogen and oxygen atoms in total. The Kier molecular flexibility index (Phi) is 8.26. The van der Waals surface area contributed by atoms with E-state index in [1.807, 2.05) is 31.2 Å². The van der Waals surface area contributed by atoms with Gasteiger partial charge in [0.25, 0.3) is 0 Å². The predicted molar refractivity (Wildman–Crippen MR) is 143 cm³/mol. The number of carbonyl (C=O) groups excluding carboxylic acids is 1. The average molecular weight is 538 g/mol. The molecular weight excluding hydrogens is 513 g/mol. The van der Waals surface area contributed by atoms with E-state index in [1.54, 1.807) is 41.4 Å². The van der Waals surface area contributed by atoms with Gasteiger partial charge in [-0.1, -0.05) is 53.2 Å². The third kappa shape index (κ3) is 6.56. The number of aliphatic carboxylic acids is 1. The van der Waals surface area contributed by atoms with E-state index in [9.17, 15) is 14.7 Å². The van der Waals surface area contributed by atoms with Gasteiger partial charge in [0.1, 0.15) is 12.4 Å². The fraction of sp³-hybridized carbons (Fsp3) is 0.214. The molecule has 0 spiro atoms. The lowest BCUT2D eigenvalue weighted by Crippen LogP contribution is -2.25. The van der Waals surface area contributed by atoms with Gasteiger partial charge in [0.05, 0.1) is 27.3 Å². The van der Waals surface area contributed by atoms with Gasteiger partial charge in [-0.25, -0.2) is 5.01 Å². The van der Waals surface area contributed by atoms with E-state index in [1.165, 1.54) is 0 Å². The van der Waals surface area contributed by atoms with Crippen LogP contribution < -0.4 is 4.74 Å². The van der Waals surface area contributed by atoms with Crippen molar-refractivity contribution >= 4 is 46.3 Å². The molecule has 190 valence electrons. The van der Waals surface area contributed by atoms with Crippen LogP contribution in [0.25, 0.3) is 5.70 Å². The SMILES string of the molecule is C=C1c2ccc(C)cc2N=NN1CCC(CC(=O)c1ccc(OCc2ccc(Cl)c(Cl)c2)cc1)C(=O)O. The number of nitrogens with zero attached hydrogens (tertiary/aromatic N) is 3. The highest BCUT2D eigenvalue weighted by Crippen LogP contribution is 2.34. The third-order valence-corrected chi connectivity index (χ3v) is 6.81. The zero-order valence-electron chi connectivity index (χ0n) is 20.2.